The van der Waals surface area contributed by atoms with Crippen molar-refractivity contribution in [1.29, 1.82) is 0 Å². The predicted molar refractivity (Wildman–Crippen MR) is 112 cm³/mol. The zero-order valence-corrected chi connectivity index (χ0v) is 15.8. The topological polar surface area (TPSA) is 42.0 Å². The van der Waals surface area contributed by atoms with E-state index in [2.05, 4.69) is 16.4 Å². The number of hydrogen-bond acceptors (Lipinski definition) is 3. The Hall–Kier alpha value is -2.82. The van der Waals surface area contributed by atoms with Crippen molar-refractivity contribution in [2.45, 2.75) is 9.79 Å². The van der Waals surface area contributed by atoms with Gasteiger partial charge < -0.3 is 5.32 Å². The van der Waals surface area contributed by atoms with E-state index in [4.69, 9.17) is 11.6 Å². The van der Waals surface area contributed by atoms with Crippen molar-refractivity contribution in [3.63, 3.8) is 0 Å². The van der Waals surface area contributed by atoms with Crippen LogP contribution in [0.1, 0.15) is 10.5 Å². The maximum atomic E-state index is 12.6. The molecular weight excluding hydrogens is 376 g/mol. The first kappa shape index (κ1) is 17.6. The summed E-state index contributed by atoms with van der Waals surface area (Å²) >= 11 is 7.63. The van der Waals surface area contributed by atoms with Gasteiger partial charge in [0.25, 0.3) is 5.91 Å². The quantitative estimate of drug-likeness (QED) is 0.445. The van der Waals surface area contributed by atoms with E-state index in [1.165, 1.54) is 0 Å². The molecule has 0 bridgehead atoms. The lowest BCUT2D eigenvalue weighted by Crippen LogP contribution is -2.13. The van der Waals surface area contributed by atoms with Gasteiger partial charge in [-0.1, -0.05) is 53.7 Å². The Labute approximate surface area is 166 Å². The minimum Gasteiger partial charge on any atom is -0.320 e. The number of benzene rings is 3. The van der Waals surface area contributed by atoms with Crippen molar-refractivity contribution in [2.24, 2.45) is 0 Å². The van der Waals surface area contributed by atoms with Gasteiger partial charge in [0.05, 0.1) is 5.69 Å². The van der Waals surface area contributed by atoms with Gasteiger partial charge in [-0.3, -0.25) is 9.78 Å². The van der Waals surface area contributed by atoms with Gasteiger partial charge in [0, 0.05) is 26.4 Å². The van der Waals surface area contributed by atoms with Crippen LogP contribution in [0, 0.1) is 0 Å². The number of carbonyl (C=O) groups excluding carboxylic acids is 1. The molecule has 0 fully saturated rings. The third kappa shape index (κ3) is 3.97. The van der Waals surface area contributed by atoms with Crippen LogP contribution in [0.2, 0.25) is 5.02 Å². The van der Waals surface area contributed by atoms with Gasteiger partial charge in [0.2, 0.25) is 0 Å². The number of hydrogen-bond donors (Lipinski definition) is 1. The highest BCUT2D eigenvalue weighted by atomic mass is 35.5. The van der Waals surface area contributed by atoms with Crippen LogP contribution in [-0.4, -0.2) is 10.9 Å². The number of pyridine rings is 1. The smallest absolute Gasteiger partial charge is 0.274 e. The number of fused-ring (bicyclic) bond motifs is 1. The summed E-state index contributed by atoms with van der Waals surface area (Å²) < 4.78 is 0. The summed E-state index contributed by atoms with van der Waals surface area (Å²) in [5.74, 6) is -0.227. The molecule has 27 heavy (non-hydrogen) atoms. The first-order chi connectivity index (χ1) is 13.2. The van der Waals surface area contributed by atoms with Gasteiger partial charge in [0.15, 0.2) is 0 Å². The highest BCUT2D eigenvalue weighted by molar-refractivity contribution is 7.99. The highest BCUT2D eigenvalue weighted by Crippen LogP contribution is 2.37. The van der Waals surface area contributed by atoms with Gasteiger partial charge in [-0.25, -0.2) is 0 Å². The monoisotopic (exact) mass is 390 g/mol. The number of carbonyl (C=O) groups is 1. The molecule has 0 saturated heterocycles. The minimum absolute atomic E-state index is 0.227. The van der Waals surface area contributed by atoms with Crippen LogP contribution in [0.5, 0.6) is 0 Å². The molecule has 0 spiro atoms. The molecule has 1 amide bonds. The fraction of sp³-hybridized carbons (Fsp3) is 0. The zero-order chi connectivity index (χ0) is 18.6. The van der Waals surface area contributed by atoms with Crippen molar-refractivity contribution in [1.82, 2.24) is 4.98 Å². The highest BCUT2D eigenvalue weighted by Gasteiger charge is 2.12. The van der Waals surface area contributed by atoms with Crippen LogP contribution in [0.3, 0.4) is 0 Å². The van der Waals surface area contributed by atoms with Gasteiger partial charge in [-0.15, -0.1) is 0 Å². The summed E-state index contributed by atoms with van der Waals surface area (Å²) in [4.78, 5) is 18.8. The summed E-state index contributed by atoms with van der Waals surface area (Å²) in [6, 6.07) is 25.0. The van der Waals surface area contributed by atoms with Crippen LogP contribution < -0.4 is 5.32 Å². The first-order valence-electron chi connectivity index (χ1n) is 8.38. The van der Waals surface area contributed by atoms with Crippen molar-refractivity contribution in [3.8, 4) is 0 Å². The second-order valence-electron chi connectivity index (χ2n) is 5.88. The molecule has 1 heterocycles. The summed E-state index contributed by atoms with van der Waals surface area (Å²) in [5.41, 5.74) is 1.15. The van der Waals surface area contributed by atoms with E-state index < -0.39 is 0 Å². The number of nitrogens with zero attached hydrogens (tertiary/aromatic N) is 1. The van der Waals surface area contributed by atoms with Crippen LogP contribution in [0.25, 0.3) is 10.8 Å². The molecule has 5 heteroatoms. The number of aromatic nitrogens is 1. The first-order valence-corrected chi connectivity index (χ1v) is 9.58. The molecule has 4 rings (SSSR count). The average Bonchev–Trinajstić information content (AvgIpc) is 2.70. The van der Waals surface area contributed by atoms with Crippen LogP contribution >= 0.6 is 23.4 Å². The van der Waals surface area contributed by atoms with Crippen molar-refractivity contribution in [2.75, 3.05) is 5.32 Å². The molecule has 4 aromatic rings. The summed E-state index contributed by atoms with van der Waals surface area (Å²) in [6.07, 6.45) is 1.61. The van der Waals surface area contributed by atoms with E-state index in [0.29, 0.717) is 10.7 Å². The van der Waals surface area contributed by atoms with Crippen LogP contribution in [-0.2, 0) is 0 Å². The third-order valence-electron chi connectivity index (χ3n) is 4.05. The zero-order valence-electron chi connectivity index (χ0n) is 14.2. The van der Waals surface area contributed by atoms with E-state index in [1.54, 1.807) is 36.2 Å². The maximum absolute atomic E-state index is 12.6. The average molecular weight is 391 g/mol. The fourth-order valence-corrected chi connectivity index (χ4v) is 3.94. The lowest BCUT2D eigenvalue weighted by Gasteiger charge is -2.12. The molecule has 1 aromatic heterocycles. The SMILES string of the molecule is O=C(Nc1cccc2cccc(Sc3ccc(Cl)cc3)c12)c1ccccn1. The summed E-state index contributed by atoms with van der Waals surface area (Å²) in [6.45, 7) is 0. The molecule has 0 unspecified atom stereocenters. The van der Waals surface area contributed by atoms with E-state index in [9.17, 15) is 4.79 Å². The summed E-state index contributed by atoms with van der Waals surface area (Å²) in [7, 11) is 0. The third-order valence-corrected chi connectivity index (χ3v) is 5.37. The molecule has 0 atom stereocenters. The van der Waals surface area contributed by atoms with E-state index in [1.807, 2.05) is 54.6 Å². The maximum Gasteiger partial charge on any atom is 0.274 e. The molecule has 0 aliphatic carbocycles. The molecule has 3 nitrogen and oxygen atoms in total. The lowest BCUT2D eigenvalue weighted by atomic mass is 10.1. The standard InChI is InChI=1S/C22H15ClN2OS/c23-16-10-12-17(13-11-16)27-20-9-4-6-15-5-3-8-18(21(15)20)25-22(26)19-7-1-2-14-24-19/h1-14H,(H,25,26). The predicted octanol–water partition coefficient (Wildman–Crippen LogP) is 6.29. The minimum atomic E-state index is -0.227. The molecular formula is C22H15ClN2OS. The largest absolute Gasteiger partial charge is 0.320 e. The molecule has 3 aromatic carbocycles. The van der Waals surface area contributed by atoms with Gasteiger partial charge in [0.1, 0.15) is 5.69 Å². The Morgan fingerprint density at radius 2 is 1.67 bits per heavy atom. The molecule has 0 radical (unpaired) electrons. The van der Waals surface area contributed by atoms with Gasteiger partial charge in [-0.2, -0.15) is 0 Å². The number of amides is 1. The van der Waals surface area contributed by atoms with Crippen molar-refractivity contribution >= 4 is 45.7 Å². The van der Waals surface area contributed by atoms with Gasteiger partial charge in [-0.05, 0) is 53.9 Å². The Morgan fingerprint density at radius 1 is 0.889 bits per heavy atom. The Kier molecular flexibility index (Phi) is 5.10. The van der Waals surface area contributed by atoms with E-state index >= 15 is 0 Å². The van der Waals surface area contributed by atoms with Crippen molar-refractivity contribution < 1.29 is 4.79 Å². The molecule has 0 aliphatic heterocycles. The molecule has 1 N–H and O–H groups in total. The Bertz CT molecular complexity index is 1090. The molecule has 132 valence electrons. The number of halogens is 1. The van der Waals surface area contributed by atoms with E-state index in [-0.39, 0.29) is 5.91 Å². The molecule has 0 aliphatic rings. The second kappa shape index (κ2) is 7.82. The second-order valence-corrected chi connectivity index (χ2v) is 7.44. The number of rotatable bonds is 4. The summed E-state index contributed by atoms with van der Waals surface area (Å²) in [5, 5.41) is 5.78. The van der Waals surface area contributed by atoms with Crippen molar-refractivity contribution in [3.05, 3.63) is 95.8 Å². The normalized spacial score (nSPS) is 10.7. The van der Waals surface area contributed by atoms with Crippen LogP contribution in [0.15, 0.2) is 94.9 Å². The fourth-order valence-electron chi connectivity index (χ4n) is 2.81. The van der Waals surface area contributed by atoms with E-state index in [0.717, 1.165) is 26.3 Å². The Balaban J connectivity index is 1.73. The van der Waals surface area contributed by atoms with Gasteiger partial charge >= 0.3 is 0 Å². The number of nitrogens with one attached hydrogen (secondary N) is 1. The lowest BCUT2D eigenvalue weighted by molar-refractivity contribution is 0.102. The number of anilines is 1. The molecule has 0 saturated carbocycles. The Morgan fingerprint density at radius 3 is 2.41 bits per heavy atom. The van der Waals surface area contributed by atoms with Crippen LogP contribution in [0.4, 0.5) is 5.69 Å².